The first kappa shape index (κ1) is 11.5. The van der Waals surface area contributed by atoms with Crippen LogP contribution in [0, 0.1) is 26.7 Å². The Kier molecular flexibility index (Phi) is 2.37. The Morgan fingerprint density at radius 3 is 2.61 bits per heavy atom. The van der Waals surface area contributed by atoms with E-state index in [0.717, 1.165) is 22.8 Å². The fourth-order valence-corrected chi connectivity index (χ4v) is 3.03. The number of anilines is 1. The molecule has 3 rings (SSSR count). The fraction of sp³-hybridized carbons (Fsp3) is 0.571. The van der Waals surface area contributed by atoms with Crippen molar-refractivity contribution in [3.05, 3.63) is 17.1 Å². The van der Waals surface area contributed by atoms with Gasteiger partial charge in [-0.3, -0.25) is 0 Å². The predicted molar refractivity (Wildman–Crippen MR) is 73.6 cm³/mol. The largest absolute Gasteiger partial charge is 0.383 e. The maximum Gasteiger partial charge on any atom is 0.146 e. The van der Waals surface area contributed by atoms with E-state index in [9.17, 15) is 0 Å². The van der Waals surface area contributed by atoms with E-state index >= 15 is 0 Å². The first-order valence-electron chi connectivity index (χ1n) is 6.65. The van der Waals surface area contributed by atoms with Crippen LogP contribution in [0.4, 0.5) is 5.82 Å². The summed E-state index contributed by atoms with van der Waals surface area (Å²) in [5.74, 6) is 2.17. The lowest BCUT2D eigenvalue weighted by molar-refractivity contribution is 0.640. The summed E-state index contributed by atoms with van der Waals surface area (Å²) in [5.41, 5.74) is 9.60. The van der Waals surface area contributed by atoms with Crippen molar-refractivity contribution in [2.45, 2.75) is 46.6 Å². The van der Waals surface area contributed by atoms with Crippen LogP contribution < -0.4 is 5.73 Å². The Hall–Kier alpha value is -1.58. The molecular weight excluding hydrogens is 224 g/mol. The van der Waals surface area contributed by atoms with Gasteiger partial charge in [0.15, 0.2) is 0 Å². The molecule has 1 fully saturated rings. The van der Waals surface area contributed by atoms with E-state index in [1.54, 1.807) is 0 Å². The second kappa shape index (κ2) is 3.70. The molecule has 96 valence electrons. The van der Waals surface area contributed by atoms with Crippen LogP contribution in [0.2, 0.25) is 0 Å². The van der Waals surface area contributed by atoms with Gasteiger partial charge in [0, 0.05) is 11.7 Å². The van der Waals surface area contributed by atoms with Crippen LogP contribution in [0.15, 0.2) is 0 Å². The molecule has 2 atom stereocenters. The molecule has 1 aliphatic rings. The highest BCUT2D eigenvalue weighted by molar-refractivity contribution is 5.91. The number of nitrogens with two attached hydrogens (primary N) is 1. The van der Waals surface area contributed by atoms with E-state index in [1.807, 2.05) is 6.92 Å². The van der Waals surface area contributed by atoms with Crippen molar-refractivity contribution in [2.75, 3.05) is 5.73 Å². The maximum absolute atomic E-state index is 6.06. The molecule has 0 spiro atoms. The number of rotatable bonds is 2. The molecule has 2 unspecified atom stereocenters. The van der Waals surface area contributed by atoms with Crippen molar-refractivity contribution in [1.82, 2.24) is 14.5 Å². The van der Waals surface area contributed by atoms with Gasteiger partial charge >= 0.3 is 0 Å². The Morgan fingerprint density at radius 2 is 2.00 bits per heavy atom. The number of hydrogen-bond donors (Lipinski definition) is 1. The molecule has 2 heterocycles. The zero-order valence-electron chi connectivity index (χ0n) is 11.5. The van der Waals surface area contributed by atoms with Crippen LogP contribution in [0.5, 0.6) is 0 Å². The predicted octanol–water partition coefficient (Wildman–Crippen LogP) is 2.91. The molecule has 2 N–H and O–H groups in total. The van der Waals surface area contributed by atoms with E-state index < -0.39 is 0 Å². The molecule has 4 heteroatoms. The zero-order chi connectivity index (χ0) is 13.0. The van der Waals surface area contributed by atoms with Crippen LogP contribution >= 0.6 is 0 Å². The molecule has 18 heavy (non-hydrogen) atoms. The molecule has 1 aliphatic carbocycles. The fourth-order valence-electron chi connectivity index (χ4n) is 3.03. The van der Waals surface area contributed by atoms with Gasteiger partial charge in [0.05, 0.1) is 5.39 Å². The van der Waals surface area contributed by atoms with E-state index in [0.29, 0.717) is 11.9 Å². The second-order valence-electron chi connectivity index (χ2n) is 5.41. The van der Waals surface area contributed by atoms with Crippen LogP contribution in [0.1, 0.15) is 42.9 Å². The van der Waals surface area contributed by atoms with Crippen LogP contribution in [-0.2, 0) is 0 Å². The second-order valence-corrected chi connectivity index (χ2v) is 5.41. The topological polar surface area (TPSA) is 56.7 Å². The summed E-state index contributed by atoms with van der Waals surface area (Å²) in [6.07, 6.45) is 2.51. The molecule has 4 nitrogen and oxygen atoms in total. The molecule has 0 amide bonds. The molecular formula is C14H20N4. The maximum atomic E-state index is 6.06. The van der Waals surface area contributed by atoms with E-state index in [-0.39, 0.29) is 0 Å². The van der Waals surface area contributed by atoms with Crippen molar-refractivity contribution in [2.24, 2.45) is 5.92 Å². The van der Waals surface area contributed by atoms with Gasteiger partial charge in [-0.05, 0) is 38.7 Å². The van der Waals surface area contributed by atoms with Crippen molar-refractivity contribution in [1.29, 1.82) is 0 Å². The van der Waals surface area contributed by atoms with Gasteiger partial charge in [0.1, 0.15) is 17.3 Å². The average Bonchev–Trinajstić information content (AvgIpc) is 3.02. The summed E-state index contributed by atoms with van der Waals surface area (Å²) >= 11 is 0. The average molecular weight is 244 g/mol. The molecule has 1 saturated carbocycles. The lowest BCUT2D eigenvalue weighted by Crippen LogP contribution is -2.02. The third-order valence-electron chi connectivity index (χ3n) is 4.28. The van der Waals surface area contributed by atoms with Crippen LogP contribution in [0.3, 0.4) is 0 Å². The molecule has 0 bridgehead atoms. The van der Waals surface area contributed by atoms with Gasteiger partial charge in [-0.2, -0.15) is 0 Å². The summed E-state index contributed by atoms with van der Waals surface area (Å²) in [5, 5.41) is 1.04. The molecule has 2 aromatic rings. The molecule has 0 aromatic carbocycles. The van der Waals surface area contributed by atoms with Gasteiger partial charge in [0.2, 0.25) is 0 Å². The summed E-state index contributed by atoms with van der Waals surface area (Å²) < 4.78 is 2.38. The standard InChI is InChI=1S/C14H20N4/c1-5-10-6-11(10)18-8(3)7(2)12-13(15)16-9(4)17-14(12)18/h10-11H,5-6H2,1-4H3,(H2,15,16,17). The molecule has 0 aliphatic heterocycles. The number of aromatic nitrogens is 3. The lowest BCUT2D eigenvalue weighted by Gasteiger charge is -2.07. The van der Waals surface area contributed by atoms with E-state index in [2.05, 4.69) is 35.3 Å². The highest BCUT2D eigenvalue weighted by Crippen LogP contribution is 2.48. The quantitative estimate of drug-likeness (QED) is 0.883. The van der Waals surface area contributed by atoms with Gasteiger partial charge in [0.25, 0.3) is 0 Å². The van der Waals surface area contributed by atoms with Crippen molar-refractivity contribution in [3.8, 4) is 0 Å². The number of nitrogen functional groups attached to an aromatic ring is 1. The third kappa shape index (κ3) is 1.44. The Bertz CT molecular complexity index is 626. The SMILES string of the molecule is CCC1CC1n1c(C)c(C)c2c(N)nc(C)nc21. The minimum absolute atomic E-state index is 0.611. The highest BCUT2D eigenvalue weighted by atomic mass is 15.1. The molecule has 0 saturated heterocycles. The number of nitrogens with zero attached hydrogens (tertiary/aromatic N) is 3. The zero-order valence-corrected chi connectivity index (χ0v) is 11.5. The summed E-state index contributed by atoms with van der Waals surface area (Å²) in [7, 11) is 0. The van der Waals surface area contributed by atoms with Gasteiger partial charge in [-0.15, -0.1) is 0 Å². The first-order valence-corrected chi connectivity index (χ1v) is 6.65. The summed E-state index contributed by atoms with van der Waals surface area (Å²) in [4.78, 5) is 8.91. The monoisotopic (exact) mass is 244 g/mol. The number of fused-ring (bicyclic) bond motifs is 1. The highest BCUT2D eigenvalue weighted by Gasteiger charge is 2.39. The van der Waals surface area contributed by atoms with Crippen molar-refractivity contribution in [3.63, 3.8) is 0 Å². The first-order chi connectivity index (χ1) is 8.54. The van der Waals surface area contributed by atoms with E-state index in [1.165, 1.54) is 24.1 Å². The van der Waals surface area contributed by atoms with Gasteiger partial charge < -0.3 is 10.3 Å². The van der Waals surface area contributed by atoms with Gasteiger partial charge in [-0.1, -0.05) is 13.3 Å². The van der Waals surface area contributed by atoms with Crippen LogP contribution in [-0.4, -0.2) is 14.5 Å². The minimum atomic E-state index is 0.611. The minimum Gasteiger partial charge on any atom is -0.383 e. The summed E-state index contributed by atoms with van der Waals surface area (Å²) in [6, 6.07) is 0.611. The normalized spacial score (nSPS) is 22.7. The Balaban J connectivity index is 2.28. The van der Waals surface area contributed by atoms with Crippen LogP contribution in [0.25, 0.3) is 11.0 Å². The van der Waals surface area contributed by atoms with Gasteiger partial charge in [-0.25, -0.2) is 9.97 Å². The molecule has 0 radical (unpaired) electrons. The van der Waals surface area contributed by atoms with Crippen molar-refractivity contribution >= 4 is 16.9 Å². The number of hydrogen-bond acceptors (Lipinski definition) is 3. The van der Waals surface area contributed by atoms with Crippen molar-refractivity contribution < 1.29 is 0 Å². The number of aryl methyl sites for hydroxylation is 2. The third-order valence-corrected chi connectivity index (χ3v) is 4.28. The lowest BCUT2D eigenvalue weighted by atomic mass is 10.2. The Morgan fingerprint density at radius 1 is 1.28 bits per heavy atom. The molecule has 2 aromatic heterocycles. The van der Waals surface area contributed by atoms with E-state index in [4.69, 9.17) is 5.73 Å². The Labute approximate surface area is 107 Å². The smallest absolute Gasteiger partial charge is 0.146 e. The summed E-state index contributed by atoms with van der Waals surface area (Å²) in [6.45, 7) is 8.44.